The maximum Gasteiger partial charge on any atom is 0.251 e. The summed E-state index contributed by atoms with van der Waals surface area (Å²) in [6, 6.07) is 14.5. The highest BCUT2D eigenvalue weighted by Crippen LogP contribution is 2.25. The van der Waals surface area contributed by atoms with Crippen molar-refractivity contribution in [2.24, 2.45) is 0 Å². The van der Waals surface area contributed by atoms with E-state index in [1.165, 1.54) is 11.1 Å². The van der Waals surface area contributed by atoms with Crippen LogP contribution in [-0.4, -0.2) is 47.3 Å². The second-order valence-electron chi connectivity index (χ2n) is 9.43. The van der Waals surface area contributed by atoms with Gasteiger partial charge in [0.15, 0.2) is 0 Å². The molecule has 2 bridgehead atoms. The summed E-state index contributed by atoms with van der Waals surface area (Å²) < 4.78 is 7.99. The Morgan fingerprint density at radius 1 is 1.11 bits per heavy atom. The third kappa shape index (κ3) is 6.65. The minimum absolute atomic E-state index is 0.102. The number of hydrogen-bond donors (Lipinski definition) is 1. The van der Waals surface area contributed by atoms with Crippen LogP contribution in [-0.2, 0) is 19.5 Å². The molecule has 0 saturated heterocycles. The molecule has 7 heteroatoms. The molecule has 1 aliphatic rings. The van der Waals surface area contributed by atoms with Gasteiger partial charge in [-0.05, 0) is 81.6 Å². The van der Waals surface area contributed by atoms with Crippen LogP contribution < -0.4 is 10.1 Å². The molecule has 0 radical (unpaired) electrons. The average Bonchev–Trinajstić information content (AvgIpc) is 3.08. The van der Waals surface area contributed by atoms with Crippen LogP contribution in [0.1, 0.15) is 57.7 Å². The second kappa shape index (κ2) is 11.7. The molecule has 2 aromatic carbocycles. The van der Waals surface area contributed by atoms with Gasteiger partial charge >= 0.3 is 0 Å². The molecule has 0 aliphatic carbocycles. The number of aryl methyl sites for hydroxylation is 1. The first-order chi connectivity index (χ1) is 16.9. The highest BCUT2D eigenvalue weighted by atomic mass is 35.5. The van der Waals surface area contributed by atoms with Crippen molar-refractivity contribution in [1.82, 2.24) is 20.0 Å². The van der Waals surface area contributed by atoms with Crippen LogP contribution in [0.2, 0.25) is 5.02 Å². The van der Waals surface area contributed by atoms with E-state index < -0.39 is 0 Å². The van der Waals surface area contributed by atoms with Crippen molar-refractivity contribution in [1.29, 1.82) is 0 Å². The summed E-state index contributed by atoms with van der Waals surface area (Å²) in [6.07, 6.45) is 4.05. The molecule has 0 unspecified atom stereocenters. The lowest BCUT2D eigenvalue weighted by Crippen LogP contribution is -2.28. The van der Waals surface area contributed by atoms with Gasteiger partial charge in [0.05, 0.1) is 29.6 Å². The first-order valence-electron chi connectivity index (χ1n) is 12.4. The molecule has 4 rings (SSSR count). The number of hydrogen-bond acceptors (Lipinski definition) is 4. The van der Waals surface area contributed by atoms with Crippen molar-refractivity contribution in [2.75, 3.05) is 26.7 Å². The summed E-state index contributed by atoms with van der Waals surface area (Å²) >= 11 is 6.23. The second-order valence-corrected chi connectivity index (χ2v) is 9.81. The molecule has 6 nitrogen and oxygen atoms in total. The zero-order valence-corrected chi connectivity index (χ0v) is 21.7. The highest BCUT2D eigenvalue weighted by Gasteiger charge is 2.14. The zero-order valence-electron chi connectivity index (χ0n) is 20.9. The summed E-state index contributed by atoms with van der Waals surface area (Å²) in [5.74, 6) is 0.758. The Hall–Kier alpha value is -2.83. The maximum atomic E-state index is 12.9. The molecule has 1 aliphatic heterocycles. The van der Waals surface area contributed by atoms with Crippen LogP contribution >= 0.6 is 11.6 Å². The van der Waals surface area contributed by atoms with Gasteiger partial charge in [0.2, 0.25) is 0 Å². The van der Waals surface area contributed by atoms with E-state index in [1.807, 2.05) is 36.7 Å². The molecule has 1 aromatic heterocycles. The molecule has 3 aromatic rings. The topological polar surface area (TPSA) is 59.4 Å². The zero-order chi connectivity index (χ0) is 24.8. The predicted molar refractivity (Wildman–Crippen MR) is 140 cm³/mol. The van der Waals surface area contributed by atoms with Gasteiger partial charge in [-0.25, -0.2) is 0 Å². The summed E-state index contributed by atoms with van der Waals surface area (Å²) in [4.78, 5) is 15.3. The Morgan fingerprint density at radius 3 is 2.74 bits per heavy atom. The van der Waals surface area contributed by atoms with Crippen molar-refractivity contribution in [3.8, 4) is 5.75 Å². The molecule has 0 spiro atoms. The molecule has 0 fully saturated rings. The van der Waals surface area contributed by atoms with E-state index in [2.05, 4.69) is 46.6 Å². The quantitative estimate of drug-likeness (QED) is 0.543. The van der Waals surface area contributed by atoms with Gasteiger partial charge in [-0.2, -0.15) is 5.10 Å². The Labute approximate surface area is 213 Å². The monoisotopic (exact) mass is 494 g/mol. The fourth-order valence-electron chi connectivity index (χ4n) is 4.56. The number of carbonyl (C=O) groups excluding carboxylic acids is 1. The lowest BCUT2D eigenvalue weighted by Gasteiger charge is -2.19. The van der Waals surface area contributed by atoms with Crippen molar-refractivity contribution in [3.63, 3.8) is 0 Å². The fourth-order valence-corrected chi connectivity index (χ4v) is 4.70. The van der Waals surface area contributed by atoms with E-state index in [4.69, 9.17) is 16.3 Å². The third-order valence-electron chi connectivity index (χ3n) is 6.51. The van der Waals surface area contributed by atoms with Crippen LogP contribution in [0.25, 0.3) is 0 Å². The van der Waals surface area contributed by atoms with Crippen LogP contribution in [0, 0.1) is 13.8 Å². The van der Waals surface area contributed by atoms with Gasteiger partial charge in [-0.15, -0.1) is 0 Å². The Bertz CT molecular complexity index is 1170. The largest absolute Gasteiger partial charge is 0.493 e. The van der Waals surface area contributed by atoms with Gasteiger partial charge in [-0.3, -0.25) is 9.48 Å². The van der Waals surface area contributed by atoms with E-state index in [0.717, 1.165) is 61.5 Å². The lowest BCUT2D eigenvalue weighted by molar-refractivity contribution is 0.0951. The number of halogens is 1. The summed E-state index contributed by atoms with van der Waals surface area (Å²) in [6.45, 7) is 7.58. The van der Waals surface area contributed by atoms with Gasteiger partial charge in [0.1, 0.15) is 5.75 Å². The number of nitrogens with one attached hydrogen (secondary N) is 1. The molecule has 2 heterocycles. The Morgan fingerprint density at radius 2 is 1.94 bits per heavy atom. The number of aromatic nitrogens is 2. The van der Waals surface area contributed by atoms with Crippen molar-refractivity contribution in [2.45, 2.75) is 52.6 Å². The number of carbonyl (C=O) groups is 1. The molecular weight excluding hydrogens is 460 g/mol. The number of nitrogens with zero attached hydrogens (tertiary/aromatic N) is 3. The molecule has 1 N–H and O–H groups in total. The van der Waals surface area contributed by atoms with Gasteiger partial charge in [0.25, 0.3) is 5.91 Å². The number of benzene rings is 2. The van der Waals surface area contributed by atoms with E-state index in [9.17, 15) is 4.79 Å². The molecule has 0 atom stereocenters. The van der Waals surface area contributed by atoms with Gasteiger partial charge in [0, 0.05) is 25.1 Å². The van der Waals surface area contributed by atoms with Crippen molar-refractivity contribution >= 4 is 17.5 Å². The van der Waals surface area contributed by atoms with E-state index in [1.54, 1.807) is 0 Å². The number of amides is 1. The maximum absolute atomic E-state index is 12.9. The van der Waals surface area contributed by atoms with E-state index >= 15 is 0 Å². The summed E-state index contributed by atoms with van der Waals surface area (Å²) in [5.41, 5.74) is 5.91. The summed E-state index contributed by atoms with van der Waals surface area (Å²) in [5, 5.41) is 8.12. The molecule has 1 amide bonds. The normalized spacial score (nSPS) is 15.1. The minimum Gasteiger partial charge on any atom is -0.493 e. The standard InChI is InChI=1S/C28H35ClN4O2/c1-20-27(29)21(2)33(31-20)14-12-30-28(34)24-10-11-26-25(18-24)17-22-8-7-9-23(16-22)19-32(3)13-5-4-6-15-35-26/h7-11,16,18H,4-6,12-15,17,19H2,1-3H3,(H,30,34). The Balaban J connectivity index is 1.49. The number of fused-ring (bicyclic) bond motifs is 3. The van der Waals surface area contributed by atoms with Crippen LogP contribution in [0.4, 0.5) is 0 Å². The van der Waals surface area contributed by atoms with Crippen molar-refractivity contribution < 1.29 is 9.53 Å². The first-order valence-corrected chi connectivity index (χ1v) is 12.8. The average molecular weight is 495 g/mol. The minimum atomic E-state index is -0.102. The van der Waals surface area contributed by atoms with Crippen LogP contribution in [0.15, 0.2) is 42.5 Å². The number of rotatable bonds is 4. The summed E-state index contributed by atoms with van der Waals surface area (Å²) in [7, 11) is 2.18. The van der Waals surface area contributed by atoms with Crippen LogP contribution in [0.3, 0.4) is 0 Å². The Kier molecular flexibility index (Phi) is 8.47. The molecular formula is C28H35ClN4O2. The smallest absolute Gasteiger partial charge is 0.251 e. The van der Waals surface area contributed by atoms with Crippen molar-refractivity contribution in [3.05, 3.63) is 81.1 Å². The fraction of sp³-hybridized carbons (Fsp3) is 0.429. The molecule has 35 heavy (non-hydrogen) atoms. The first kappa shape index (κ1) is 25.3. The SMILES string of the molecule is Cc1nn(CCNC(=O)c2ccc3c(c2)Cc2cccc(c2)CN(C)CCCCCO3)c(C)c1Cl. The highest BCUT2D eigenvalue weighted by molar-refractivity contribution is 6.31. The van der Waals surface area contributed by atoms with E-state index in [-0.39, 0.29) is 5.91 Å². The predicted octanol–water partition coefficient (Wildman–Crippen LogP) is 5.17. The molecule has 0 saturated carbocycles. The van der Waals surface area contributed by atoms with Gasteiger partial charge in [-0.1, -0.05) is 35.9 Å². The van der Waals surface area contributed by atoms with Gasteiger partial charge < -0.3 is 15.0 Å². The van der Waals surface area contributed by atoms with Crippen LogP contribution in [0.5, 0.6) is 5.75 Å². The van der Waals surface area contributed by atoms with E-state index in [0.29, 0.717) is 30.3 Å². The third-order valence-corrected chi connectivity index (χ3v) is 7.05. The number of ether oxygens (including phenoxy) is 1. The molecule has 186 valence electrons. The lowest BCUT2D eigenvalue weighted by atomic mass is 9.99.